The van der Waals surface area contributed by atoms with E-state index in [0.29, 0.717) is 6.04 Å². The van der Waals surface area contributed by atoms with Gasteiger partial charge in [0.15, 0.2) is 0 Å². The first kappa shape index (κ1) is 15.8. The molecule has 0 aromatic heterocycles. The fourth-order valence-electron chi connectivity index (χ4n) is 2.80. The molecule has 0 spiro atoms. The molecule has 1 aromatic carbocycles. The van der Waals surface area contributed by atoms with Crippen LogP contribution in [-0.2, 0) is 4.79 Å². The molecule has 2 N–H and O–H groups in total. The molecule has 3 nitrogen and oxygen atoms in total. The number of aliphatic carboxylic acids is 1. The Balaban J connectivity index is 1.92. The zero-order valence-corrected chi connectivity index (χ0v) is 13.7. The molecule has 20 heavy (non-hydrogen) atoms. The Hall–Kier alpha value is -0.580. The van der Waals surface area contributed by atoms with E-state index < -0.39 is 5.97 Å². The predicted molar refractivity (Wildman–Crippen MR) is 84.1 cm³/mol. The van der Waals surface area contributed by atoms with Gasteiger partial charge in [-0.25, -0.2) is 0 Å². The van der Waals surface area contributed by atoms with Gasteiger partial charge in [-0.3, -0.25) is 4.79 Å². The number of carboxylic acid groups (broad SMARTS) is 1. The molecule has 1 aliphatic carbocycles. The third-order valence-corrected chi connectivity index (χ3v) is 4.81. The van der Waals surface area contributed by atoms with Gasteiger partial charge in [0.1, 0.15) is 0 Å². The zero-order valence-electron chi connectivity index (χ0n) is 11.4. The first-order valence-electron chi connectivity index (χ1n) is 6.91. The van der Waals surface area contributed by atoms with Crippen molar-refractivity contribution in [2.75, 3.05) is 0 Å². The van der Waals surface area contributed by atoms with Gasteiger partial charge in [0.25, 0.3) is 0 Å². The summed E-state index contributed by atoms with van der Waals surface area (Å²) in [6.07, 6.45) is 3.34. The lowest BCUT2D eigenvalue weighted by molar-refractivity contribution is -0.142. The number of hydrogen-bond donors (Lipinski definition) is 2. The van der Waals surface area contributed by atoms with Crippen LogP contribution < -0.4 is 5.32 Å². The van der Waals surface area contributed by atoms with Gasteiger partial charge in [0.05, 0.1) is 5.92 Å². The lowest BCUT2D eigenvalue weighted by Crippen LogP contribution is -2.36. The van der Waals surface area contributed by atoms with Crippen molar-refractivity contribution in [2.24, 2.45) is 5.92 Å². The molecular formula is C15H19BrClNO2. The van der Waals surface area contributed by atoms with Crippen LogP contribution in [0.1, 0.15) is 44.2 Å². The van der Waals surface area contributed by atoms with E-state index in [9.17, 15) is 4.79 Å². The van der Waals surface area contributed by atoms with Crippen molar-refractivity contribution < 1.29 is 9.90 Å². The van der Waals surface area contributed by atoms with Gasteiger partial charge in [-0.1, -0.05) is 33.6 Å². The lowest BCUT2D eigenvalue weighted by atomic mass is 9.85. The molecule has 1 aromatic rings. The van der Waals surface area contributed by atoms with E-state index >= 15 is 0 Å². The highest BCUT2D eigenvalue weighted by Crippen LogP contribution is 2.29. The summed E-state index contributed by atoms with van der Waals surface area (Å²) >= 11 is 9.66. The fraction of sp³-hybridized carbons (Fsp3) is 0.533. The van der Waals surface area contributed by atoms with Crippen molar-refractivity contribution in [1.29, 1.82) is 0 Å². The number of halogens is 2. The Morgan fingerprint density at radius 2 is 2.05 bits per heavy atom. The Kier molecular flexibility index (Phi) is 5.47. The molecule has 1 saturated carbocycles. The summed E-state index contributed by atoms with van der Waals surface area (Å²) in [5.74, 6) is -0.827. The van der Waals surface area contributed by atoms with Crippen LogP contribution >= 0.6 is 27.5 Å². The van der Waals surface area contributed by atoms with Crippen LogP contribution in [0.4, 0.5) is 0 Å². The lowest BCUT2D eigenvalue weighted by Gasteiger charge is -2.30. The Morgan fingerprint density at radius 3 is 2.60 bits per heavy atom. The van der Waals surface area contributed by atoms with E-state index in [1.54, 1.807) is 0 Å². The van der Waals surface area contributed by atoms with Crippen molar-refractivity contribution in [3.8, 4) is 0 Å². The predicted octanol–water partition coefficient (Wildman–Crippen LogP) is 4.40. The van der Waals surface area contributed by atoms with Crippen LogP contribution in [0, 0.1) is 5.92 Å². The molecular weight excluding hydrogens is 342 g/mol. The Bertz CT molecular complexity index is 487. The topological polar surface area (TPSA) is 49.3 Å². The largest absolute Gasteiger partial charge is 0.481 e. The number of carboxylic acids is 1. The van der Waals surface area contributed by atoms with Crippen molar-refractivity contribution >= 4 is 33.5 Å². The SMILES string of the molecule is CC(NC1CCC(C(=O)O)CC1)c1ccc(Br)cc1Cl. The van der Waals surface area contributed by atoms with Crippen LogP contribution in [0.3, 0.4) is 0 Å². The van der Waals surface area contributed by atoms with E-state index in [1.165, 1.54) is 0 Å². The molecule has 1 fully saturated rings. The molecule has 5 heteroatoms. The number of hydrogen-bond acceptors (Lipinski definition) is 2. The van der Waals surface area contributed by atoms with Gasteiger partial charge in [0.2, 0.25) is 0 Å². The van der Waals surface area contributed by atoms with Crippen molar-refractivity contribution in [1.82, 2.24) is 5.32 Å². The van der Waals surface area contributed by atoms with E-state index in [1.807, 2.05) is 18.2 Å². The molecule has 1 atom stereocenters. The maximum atomic E-state index is 10.9. The molecule has 2 rings (SSSR count). The fourth-order valence-corrected chi connectivity index (χ4v) is 3.64. The smallest absolute Gasteiger partial charge is 0.306 e. The number of carbonyl (C=O) groups is 1. The van der Waals surface area contributed by atoms with Crippen LogP contribution in [-0.4, -0.2) is 17.1 Å². The summed E-state index contributed by atoms with van der Waals surface area (Å²) in [5, 5.41) is 13.3. The molecule has 1 aliphatic rings. The number of nitrogens with one attached hydrogen (secondary N) is 1. The summed E-state index contributed by atoms with van der Waals surface area (Å²) in [6, 6.07) is 6.45. The van der Waals surface area contributed by atoms with Gasteiger partial charge < -0.3 is 10.4 Å². The second-order valence-electron chi connectivity index (χ2n) is 5.44. The van der Waals surface area contributed by atoms with Gasteiger partial charge in [-0.2, -0.15) is 0 Å². The summed E-state index contributed by atoms with van der Waals surface area (Å²) < 4.78 is 0.973. The Labute approximate surface area is 132 Å². The third kappa shape index (κ3) is 3.96. The number of benzene rings is 1. The Morgan fingerprint density at radius 1 is 1.40 bits per heavy atom. The number of rotatable bonds is 4. The summed E-state index contributed by atoms with van der Waals surface area (Å²) in [5.41, 5.74) is 1.08. The summed E-state index contributed by atoms with van der Waals surface area (Å²) in [4.78, 5) is 10.9. The minimum absolute atomic E-state index is 0.167. The summed E-state index contributed by atoms with van der Waals surface area (Å²) in [6.45, 7) is 2.10. The normalized spacial score (nSPS) is 24.4. The quantitative estimate of drug-likeness (QED) is 0.837. The van der Waals surface area contributed by atoms with E-state index in [0.717, 1.165) is 40.7 Å². The van der Waals surface area contributed by atoms with Crippen molar-refractivity contribution in [3.05, 3.63) is 33.3 Å². The van der Waals surface area contributed by atoms with Gasteiger partial charge >= 0.3 is 5.97 Å². The van der Waals surface area contributed by atoms with Gasteiger partial charge in [-0.15, -0.1) is 0 Å². The minimum Gasteiger partial charge on any atom is -0.481 e. The van der Waals surface area contributed by atoms with Crippen LogP contribution in [0.25, 0.3) is 0 Å². The van der Waals surface area contributed by atoms with Crippen molar-refractivity contribution in [2.45, 2.75) is 44.7 Å². The van der Waals surface area contributed by atoms with E-state index in [-0.39, 0.29) is 12.0 Å². The van der Waals surface area contributed by atoms with Crippen molar-refractivity contribution in [3.63, 3.8) is 0 Å². The maximum absolute atomic E-state index is 10.9. The molecule has 0 bridgehead atoms. The summed E-state index contributed by atoms with van der Waals surface area (Å²) in [7, 11) is 0. The maximum Gasteiger partial charge on any atom is 0.306 e. The van der Waals surface area contributed by atoms with Crippen LogP contribution in [0.5, 0.6) is 0 Å². The average Bonchev–Trinajstić information content (AvgIpc) is 2.39. The highest BCUT2D eigenvalue weighted by atomic mass is 79.9. The highest BCUT2D eigenvalue weighted by molar-refractivity contribution is 9.10. The second kappa shape index (κ2) is 6.92. The minimum atomic E-state index is -0.660. The standard InChI is InChI=1S/C15H19BrClNO2/c1-9(13-7-4-11(16)8-14(13)17)18-12-5-2-10(3-6-12)15(19)20/h4,7-10,12,18H,2-3,5-6H2,1H3,(H,19,20). The average molecular weight is 361 g/mol. The highest BCUT2D eigenvalue weighted by Gasteiger charge is 2.26. The molecule has 0 radical (unpaired) electrons. The first-order valence-corrected chi connectivity index (χ1v) is 8.08. The van der Waals surface area contributed by atoms with Gasteiger partial charge in [-0.05, 0) is 50.3 Å². The van der Waals surface area contributed by atoms with E-state index in [2.05, 4.69) is 28.2 Å². The molecule has 0 aliphatic heterocycles. The third-order valence-electron chi connectivity index (χ3n) is 3.99. The first-order chi connectivity index (χ1) is 9.47. The molecule has 0 saturated heterocycles. The molecule has 0 heterocycles. The molecule has 1 unspecified atom stereocenters. The van der Waals surface area contributed by atoms with Gasteiger partial charge in [0, 0.05) is 21.6 Å². The molecule has 110 valence electrons. The zero-order chi connectivity index (χ0) is 14.7. The monoisotopic (exact) mass is 359 g/mol. The van der Waals surface area contributed by atoms with Crippen LogP contribution in [0.2, 0.25) is 5.02 Å². The second-order valence-corrected chi connectivity index (χ2v) is 6.76. The van der Waals surface area contributed by atoms with Crippen LogP contribution in [0.15, 0.2) is 22.7 Å². The van der Waals surface area contributed by atoms with E-state index in [4.69, 9.17) is 16.7 Å². The molecule has 0 amide bonds.